The molecule has 1 aromatic rings. The van der Waals surface area contributed by atoms with Crippen molar-refractivity contribution < 1.29 is 13.2 Å². The number of alkyl halides is 3. The Bertz CT molecular complexity index is 468. The number of thiazole rings is 1. The van der Waals surface area contributed by atoms with Gasteiger partial charge in [-0.3, -0.25) is 0 Å². The molecule has 0 aliphatic heterocycles. The van der Waals surface area contributed by atoms with Crippen molar-refractivity contribution in [2.45, 2.75) is 77.1 Å². The summed E-state index contributed by atoms with van der Waals surface area (Å²) in [5.41, 5.74) is -0.900. The Morgan fingerprint density at radius 3 is 2.29 bits per heavy atom. The molecule has 1 aromatic heterocycles. The van der Waals surface area contributed by atoms with Crippen molar-refractivity contribution >= 4 is 11.3 Å². The number of hydrogen-bond acceptors (Lipinski definition) is 3. The summed E-state index contributed by atoms with van der Waals surface area (Å²) in [6.45, 7) is 6.07. The molecule has 0 saturated heterocycles. The normalized spacial score (nSPS) is 18.2. The molecule has 0 amide bonds. The zero-order valence-electron chi connectivity index (χ0n) is 12.8. The third-order valence-electron chi connectivity index (χ3n) is 3.72. The van der Waals surface area contributed by atoms with Gasteiger partial charge in [0.05, 0.1) is 9.88 Å². The highest BCUT2D eigenvalue weighted by Gasteiger charge is 2.38. The maximum Gasteiger partial charge on any atom is 0.434 e. The molecule has 6 heteroatoms. The summed E-state index contributed by atoms with van der Waals surface area (Å²) in [6, 6.07) is 0. The maximum absolute atomic E-state index is 13.2. The molecule has 0 radical (unpaired) electrons. The first kappa shape index (κ1) is 16.7. The van der Waals surface area contributed by atoms with E-state index in [4.69, 9.17) is 0 Å². The molecular formula is C15H23F3N2S. The Balaban J connectivity index is 2.22. The van der Waals surface area contributed by atoms with E-state index in [1.165, 1.54) is 17.8 Å². The van der Waals surface area contributed by atoms with Crippen LogP contribution in [0.1, 0.15) is 74.4 Å². The molecule has 1 N–H and O–H groups in total. The van der Waals surface area contributed by atoms with Gasteiger partial charge in [0.25, 0.3) is 0 Å². The van der Waals surface area contributed by atoms with E-state index in [1.807, 2.05) is 20.8 Å². The Morgan fingerprint density at radius 1 is 1.14 bits per heavy atom. The van der Waals surface area contributed by atoms with Crippen LogP contribution in [-0.4, -0.2) is 10.5 Å². The topological polar surface area (TPSA) is 24.9 Å². The lowest BCUT2D eigenvalue weighted by Gasteiger charge is -2.20. The lowest BCUT2D eigenvalue weighted by Crippen LogP contribution is -2.35. The number of hydrogen-bond donors (Lipinski definition) is 1. The van der Waals surface area contributed by atoms with E-state index in [0.717, 1.165) is 25.7 Å². The Labute approximate surface area is 128 Å². The second-order valence-electron chi connectivity index (χ2n) is 6.76. The molecule has 0 bridgehead atoms. The smallest absolute Gasteiger partial charge is 0.307 e. The molecule has 21 heavy (non-hydrogen) atoms. The van der Waals surface area contributed by atoms with Gasteiger partial charge in [-0.25, -0.2) is 4.98 Å². The van der Waals surface area contributed by atoms with Gasteiger partial charge in [0.15, 0.2) is 5.69 Å². The Morgan fingerprint density at radius 2 is 1.76 bits per heavy atom. The highest BCUT2D eigenvalue weighted by atomic mass is 32.1. The summed E-state index contributed by atoms with van der Waals surface area (Å²) in [6.07, 6.45) is 0.959. The molecule has 2 nitrogen and oxygen atoms in total. The number of halogens is 3. The number of nitrogens with one attached hydrogen (secondary N) is 1. The van der Waals surface area contributed by atoms with Crippen molar-refractivity contribution in [2.24, 2.45) is 0 Å². The summed E-state index contributed by atoms with van der Waals surface area (Å²) < 4.78 is 39.5. The second kappa shape index (κ2) is 6.24. The Hall–Kier alpha value is -0.620. The number of nitrogens with zero attached hydrogens (tertiary/aromatic N) is 1. The van der Waals surface area contributed by atoms with Crippen LogP contribution in [0.3, 0.4) is 0 Å². The minimum Gasteiger partial charge on any atom is -0.307 e. The van der Waals surface area contributed by atoms with Crippen molar-refractivity contribution in [3.63, 3.8) is 0 Å². The first-order valence-corrected chi connectivity index (χ1v) is 8.30. The predicted octanol–water partition coefficient (Wildman–Crippen LogP) is 5.10. The van der Waals surface area contributed by atoms with Crippen molar-refractivity contribution in [1.29, 1.82) is 0 Å². The van der Waals surface area contributed by atoms with E-state index in [9.17, 15) is 13.2 Å². The van der Waals surface area contributed by atoms with E-state index in [2.05, 4.69) is 10.3 Å². The highest BCUT2D eigenvalue weighted by Crippen LogP contribution is 2.40. The zero-order valence-corrected chi connectivity index (χ0v) is 13.6. The fourth-order valence-corrected chi connectivity index (χ4v) is 3.77. The summed E-state index contributed by atoms with van der Waals surface area (Å²) >= 11 is 1.24. The van der Waals surface area contributed by atoms with Crippen LogP contribution in [0.25, 0.3) is 0 Å². The summed E-state index contributed by atoms with van der Waals surface area (Å²) in [7, 11) is 0. The average Bonchev–Trinajstić information content (AvgIpc) is 2.81. The molecule has 1 saturated carbocycles. The van der Waals surface area contributed by atoms with E-state index in [-0.39, 0.29) is 18.0 Å². The van der Waals surface area contributed by atoms with Gasteiger partial charge < -0.3 is 5.32 Å². The van der Waals surface area contributed by atoms with Crippen LogP contribution in [0.15, 0.2) is 0 Å². The lowest BCUT2D eigenvalue weighted by atomic mass is 9.90. The third-order valence-corrected chi connectivity index (χ3v) is 4.93. The van der Waals surface area contributed by atoms with Crippen LogP contribution >= 0.6 is 11.3 Å². The summed E-state index contributed by atoms with van der Waals surface area (Å²) in [4.78, 5) is 4.28. The lowest BCUT2D eigenvalue weighted by molar-refractivity contribution is -0.141. The third kappa shape index (κ3) is 4.68. The van der Waals surface area contributed by atoms with Gasteiger partial charge in [-0.15, -0.1) is 11.3 Å². The van der Waals surface area contributed by atoms with Crippen LogP contribution in [-0.2, 0) is 12.7 Å². The number of rotatable bonds is 3. The van der Waals surface area contributed by atoms with Crippen LogP contribution in [0.2, 0.25) is 0 Å². The monoisotopic (exact) mass is 320 g/mol. The largest absolute Gasteiger partial charge is 0.434 e. The Kier molecular flexibility index (Phi) is 4.98. The van der Waals surface area contributed by atoms with E-state index in [0.29, 0.717) is 9.88 Å². The summed E-state index contributed by atoms with van der Waals surface area (Å²) in [5.74, 6) is 0.216. The molecule has 1 aliphatic carbocycles. The van der Waals surface area contributed by atoms with Crippen LogP contribution in [0, 0.1) is 0 Å². The predicted molar refractivity (Wildman–Crippen MR) is 79.5 cm³/mol. The van der Waals surface area contributed by atoms with E-state index >= 15 is 0 Å². The van der Waals surface area contributed by atoms with Gasteiger partial charge in [-0.2, -0.15) is 13.2 Å². The molecule has 1 aliphatic rings. The molecular weight excluding hydrogens is 297 g/mol. The van der Waals surface area contributed by atoms with Gasteiger partial charge in [0.2, 0.25) is 0 Å². The fraction of sp³-hybridized carbons (Fsp3) is 0.800. The van der Waals surface area contributed by atoms with Crippen molar-refractivity contribution in [1.82, 2.24) is 10.3 Å². The van der Waals surface area contributed by atoms with Gasteiger partial charge in [-0.1, -0.05) is 19.3 Å². The molecule has 0 unspecified atom stereocenters. The highest BCUT2D eigenvalue weighted by molar-refractivity contribution is 7.11. The van der Waals surface area contributed by atoms with Gasteiger partial charge in [-0.05, 0) is 33.6 Å². The zero-order chi connectivity index (χ0) is 15.7. The molecule has 1 fully saturated rings. The molecule has 1 heterocycles. The van der Waals surface area contributed by atoms with Crippen LogP contribution in [0.4, 0.5) is 13.2 Å². The van der Waals surface area contributed by atoms with Gasteiger partial charge in [0, 0.05) is 18.0 Å². The molecule has 0 spiro atoms. The standard InChI is InChI=1S/C15H23F3N2S/c1-14(2,3)19-9-11-12(15(16,17)18)20-13(21-11)10-7-5-4-6-8-10/h10,19H,4-9H2,1-3H3. The maximum atomic E-state index is 13.2. The quantitative estimate of drug-likeness (QED) is 0.838. The minimum atomic E-state index is -4.36. The number of aromatic nitrogens is 1. The van der Waals surface area contributed by atoms with Crippen LogP contribution < -0.4 is 5.32 Å². The first-order chi connectivity index (χ1) is 9.67. The van der Waals surface area contributed by atoms with Gasteiger partial charge in [0.1, 0.15) is 0 Å². The van der Waals surface area contributed by atoms with E-state index < -0.39 is 11.9 Å². The first-order valence-electron chi connectivity index (χ1n) is 7.48. The van der Waals surface area contributed by atoms with Crippen molar-refractivity contribution in [3.8, 4) is 0 Å². The van der Waals surface area contributed by atoms with Gasteiger partial charge >= 0.3 is 6.18 Å². The summed E-state index contributed by atoms with van der Waals surface area (Å²) in [5, 5.41) is 3.81. The van der Waals surface area contributed by atoms with Crippen molar-refractivity contribution in [3.05, 3.63) is 15.6 Å². The van der Waals surface area contributed by atoms with Crippen LogP contribution in [0.5, 0.6) is 0 Å². The molecule has 120 valence electrons. The molecule has 0 atom stereocenters. The second-order valence-corrected chi connectivity index (χ2v) is 7.88. The average molecular weight is 320 g/mol. The molecule has 2 rings (SSSR count). The fourth-order valence-electron chi connectivity index (χ4n) is 2.58. The van der Waals surface area contributed by atoms with E-state index in [1.54, 1.807) is 0 Å². The minimum absolute atomic E-state index is 0.210. The van der Waals surface area contributed by atoms with Crippen molar-refractivity contribution in [2.75, 3.05) is 0 Å². The SMILES string of the molecule is CC(C)(C)NCc1sc(C2CCCCC2)nc1C(F)(F)F. The molecule has 0 aromatic carbocycles.